The highest BCUT2D eigenvalue weighted by molar-refractivity contribution is 7.92. The first-order valence-electron chi connectivity index (χ1n) is 12.4. The largest absolute Gasteiger partial charge is 0.352 e. The number of nitrogens with one attached hydrogen (secondary N) is 1. The van der Waals surface area contributed by atoms with E-state index in [1.807, 2.05) is 52.0 Å². The summed E-state index contributed by atoms with van der Waals surface area (Å²) in [5.41, 5.74) is 3.04. The lowest BCUT2D eigenvalue weighted by Crippen LogP contribution is -2.52. The minimum atomic E-state index is -4.13. The third kappa shape index (κ3) is 7.36. The van der Waals surface area contributed by atoms with Crippen LogP contribution in [0.25, 0.3) is 0 Å². The molecule has 202 valence electrons. The van der Waals surface area contributed by atoms with Gasteiger partial charge >= 0.3 is 0 Å². The van der Waals surface area contributed by atoms with Crippen molar-refractivity contribution in [1.29, 1.82) is 0 Å². The summed E-state index contributed by atoms with van der Waals surface area (Å²) in [7, 11) is -4.13. The van der Waals surface area contributed by atoms with Crippen LogP contribution in [0.4, 0.5) is 5.69 Å². The van der Waals surface area contributed by atoms with Crippen molar-refractivity contribution in [2.24, 2.45) is 0 Å². The molecule has 3 aromatic rings. The molecule has 0 aromatic heterocycles. The van der Waals surface area contributed by atoms with Gasteiger partial charge in [-0.25, -0.2) is 8.42 Å². The molecule has 0 radical (unpaired) electrons. The molecule has 0 heterocycles. The Kier molecular flexibility index (Phi) is 9.57. The maximum atomic E-state index is 13.9. The summed E-state index contributed by atoms with van der Waals surface area (Å²) < 4.78 is 28.6. The van der Waals surface area contributed by atoms with E-state index >= 15 is 0 Å². The number of rotatable bonds is 10. The zero-order valence-electron chi connectivity index (χ0n) is 22.3. The standard InChI is InChI=1S/C29H34ClN3O4S/c1-20(2)31-29(35)23(5)32(18-24-13-9-21(3)10-14-24)28(34)19-33(26-8-6-7-25(30)17-26)38(36,37)27-15-11-22(4)12-16-27/h6-17,20,23H,18-19H2,1-5H3,(H,31,35)/t23-/m0/s1. The Balaban J connectivity index is 2.03. The van der Waals surface area contributed by atoms with Gasteiger partial charge in [-0.3, -0.25) is 13.9 Å². The number of nitrogens with zero attached hydrogens (tertiary/aromatic N) is 2. The molecule has 0 bridgehead atoms. The number of hydrogen-bond acceptors (Lipinski definition) is 4. The summed E-state index contributed by atoms with van der Waals surface area (Å²) in [6.07, 6.45) is 0. The van der Waals surface area contributed by atoms with Crippen molar-refractivity contribution in [2.45, 2.75) is 58.1 Å². The average molecular weight is 556 g/mol. The lowest BCUT2D eigenvalue weighted by atomic mass is 10.1. The Morgan fingerprint density at radius 1 is 0.895 bits per heavy atom. The van der Waals surface area contributed by atoms with E-state index in [4.69, 9.17) is 11.6 Å². The van der Waals surface area contributed by atoms with E-state index in [1.165, 1.54) is 23.1 Å². The number of aryl methyl sites for hydroxylation is 2. The molecule has 0 unspecified atom stereocenters. The molecule has 0 saturated carbocycles. The third-order valence-corrected chi connectivity index (χ3v) is 8.08. The molecule has 9 heteroatoms. The summed E-state index contributed by atoms with van der Waals surface area (Å²) >= 11 is 6.20. The van der Waals surface area contributed by atoms with Crippen LogP contribution in [0.15, 0.2) is 77.7 Å². The maximum Gasteiger partial charge on any atom is 0.264 e. The van der Waals surface area contributed by atoms with Gasteiger partial charge in [0.05, 0.1) is 10.6 Å². The van der Waals surface area contributed by atoms with Gasteiger partial charge in [0.15, 0.2) is 0 Å². The number of benzene rings is 3. The van der Waals surface area contributed by atoms with E-state index < -0.39 is 28.5 Å². The molecular formula is C29H34ClN3O4S. The zero-order chi connectivity index (χ0) is 28.0. The van der Waals surface area contributed by atoms with Crippen molar-refractivity contribution in [3.05, 3.63) is 94.5 Å². The van der Waals surface area contributed by atoms with Crippen LogP contribution in [0.3, 0.4) is 0 Å². The van der Waals surface area contributed by atoms with Crippen LogP contribution in [0, 0.1) is 13.8 Å². The molecule has 38 heavy (non-hydrogen) atoms. The Bertz CT molecular complexity index is 1370. The Morgan fingerprint density at radius 3 is 2.03 bits per heavy atom. The summed E-state index contributed by atoms with van der Waals surface area (Å²) in [5, 5.41) is 3.18. The summed E-state index contributed by atoms with van der Waals surface area (Å²) in [4.78, 5) is 28.2. The summed E-state index contributed by atoms with van der Waals surface area (Å²) in [6.45, 7) is 8.77. The van der Waals surface area contributed by atoms with Gasteiger partial charge in [-0.05, 0) is 70.5 Å². The highest BCUT2D eigenvalue weighted by Gasteiger charge is 2.32. The van der Waals surface area contributed by atoms with Gasteiger partial charge < -0.3 is 10.2 Å². The molecule has 7 nitrogen and oxygen atoms in total. The van der Waals surface area contributed by atoms with Gasteiger partial charge in [-0.15, -0.1) is 0 Å². The van der Waals surface area contributed by atoms with E-state index in [0.717, 1.165) is 21.0 Å². The molecule has 3 aromatic carbocycles. The van der Waals surface area contributed by atoms with Crippen LogP contribution in [-0.2, 0) is 26.2 Å². The van der Waals surface area contributed by atoms with Gasteiger partial charge in [0, 0.05) is 17.6 Å². The van der Waals surface area contributed by atoms with Gasteiger partial charge in [-0.2, -0.15) is 0 Å². The minimum absolute atomic E-state index is 0.0477. The maximum absolute atomic E-state index is 13.9. The molecule has 0 saturated heterocycles. The second kappa shape index (κ2) is 12.5. The van der Waals surface area contributed by atoms with Crippen molar-refractivity contribution >= 4 is 39.1 Å². The second-order valence-electron chi connectivity index (χ2n) is 9.65. The summed E-state index contributed by atoms with van der Waals surface area (Å²) in [6, 6.07) is 19.4. The van der Waals surface area contributed by atoms with E-state index in [-0.39, 0.29) is 29.1 Å². The lowest BCUT2D eigenvalue weighted by molar-refractivity contribution is -0.139. The molecule has 0 fully saturated rings. The second-order valence-corrected chi connectivity index (χ2v) is 11.9. The Labute approximate surface area is 230 Å². The number of hydrogen-bond donors (Lipinski definition) is 1. The molecule has 3 rings (SSSR count). The van der Waals surface area contributed by atoms with Crippen molar-refractivity contribution in [3.63, 3.8) is 0 Å². The van der Waals surface area contributed by atoms with E-state index in [0.29, 0.717) is 5.02 Å². The fourth-order valence-corrected chi connectivity index (χ4v) is 5.47. The van der Waals surface area contributed by atoms with E-state index in [1.54, 1.807) is 37.3 Å². The molecule has 0 aliphatic carbocycles. The number of anilines is 1. The van der Waals surface area contributed by atoms with Crippen LogP contribution in [0.2, 0.25) is 5.02 Å². The summed E-state index contributed by atoms with van der Waals surface area (Å²) in [5.74, 6) is -0.844. The van der Waals surface area contributed by atoms with Crippen LogP contribution in [0.1, 0.15) is 37.5 Å². The fourth-order valence-electron chi connectivity index (χ4n) is 3.88. The number of sulfonamides is 1. The highest BCUT2D eigenvalue weighted by atomic mass is 35.5. The van der Waals surface area contributed by atoms with Crippen LogP contribution < -0.4 is 9.62 Å². The van der Waals surface area contributed by atoms with Crippen molar-refractivity contribution in [3.8, 4) is 0 Å². The first kappa shape index (κ1) is 29.2. The topological polar surface area (TPSA) is 86.8 Å². The minimum Gasteiger partial charge on any atom is -0.352 e. The van der Waals surface area contributed by atoms with Gasteiger partial charge in [-0.1, -0.05) is 65.2 Å². The van der Waals surface area contributed by atoms with Crippen molar-refractivity contribution in [2.75, 3.05) is 10.8 Å². The molecule has 1 atom stereocenters. The van der Waals surface area contributed by atoms with E-state index in [9.17, 15) is 18.0 Å². The third-order valence-electron chi connectivity index (χ3n) is 6.06. The van der Waals surface area contributed by atoms with Crippen LogP contribution in [0.5, 0.6) is 0 Å². The van der Waals surface area contributed by atoms with Crippen molar-refractivity contribution < 1.29 is 18.0 Å². The monoisotopic (exact) mass is 555 g/mol. The normalized spacial score (nSPS) is 12.2. The number of carbonyl (C=O) groups is 2. The average Bonchev–Trinajstić information content (AvgIpc) is 2.86. The molecule has 0 spiro atoms. The van der Waals surface area contributed by atoms with Crippen LogP contribution >= 0.6 is 11.6 Å². The highest BCUT2D eigenvalue weighted by Crippen LogP contribution is 2.27. The Hall–Kier alpha value is -3.36. The van der Waals surface area contributed by atoms with Crippen LogP contribution in [-0.4, -0.2) is 43.8 Å². The molecular weight excluding hydrogens is 522 g/mol. The number of carbonyl (C=O) groups excluding carboxylic acids is 2. The first-order valence-corrected chi connectivity index (χ1v) is 14.2. The van der Waals surface area contributed by atoms with Gasteiger partial charge in [0.2, 0.25) is 11.8 Å². The number of amides is 2. The SMILES string of the molecule is Cc1ccc(CN(C(=O)CN(c2cccc(Cl)c2)S(=O)(=O)c2ccc(C)cc2)[C@@H](C)C(=O)NC(C)C)cc1. The first-order chi connectivity index (χ1) is 17.9. The lowest BCUT2D eigenvalue weighted by Gasteiger charge is -2.32. The molecule has 2 amide bonds. The smallest absolute Gasteiger partial charge is 0.264 e. The van der Waals surface area contributed by atoms with Gasteiger partial charge in [0.25, 0.3) is 10.0 Å². The number of halogens is 1. The molecule has 0 aliphatic heterocycles. The van der Waals surface area contributed by atoms with Gasteiger partial charge in [0.1, 0.15) is 12.6 Å². The Morgan fingerprint density at radius 2 is 1.47 bits per heavy atom. The quantitative estimate of drug-likeness (QED) is 0.377. The zero-order valence-corrected chi connectivity index (χ0v) is 23.9. The predicted octanol–water partition coefficient (Wildman–Crippen LogP) is 5.09. The fraction of sp³-hybridized carbons (Fsp3) is 0.310. The molecule has 1 N–H and O–H groups in total. The molecule has 0 aliphatic rings. The van der Waals surface area contributed by atoms with E-state index in [2.05, 4.69) is 5.32 Å². The predicted molar refractivity (Wildman–Crippen MR) is 152 cm³/mol. The van der Waals surface area contributed by atoms with Crippen molar-refractivity contribution in [1.82, 2.24) is 10.2 Å².